The van der Waals surface area contributed by atoms with Crippen molar-refractivity contribution in [3.05, 3.63) is 53.4 Å². The van der Waals surface area contributed by atoms with Crippen LogP contribution in [0.25, 0.3) is 0 Å². The predicted molar refractivity (Wildman–Crippen MR) is 102 cm³/mol. The fourth-order valence-corrected chi connectivity index (χ4v) is 4.60. The van der Waals surface area contributed by atoms with E-state index < -0.39 is 5.41 Å². The third-order valence-electron chi connectivity index (χ3n) is 6.12. The number of hydrogen-bond acceptors (Lipinski definition) is 4. The van der Waals surface area contributed by atoms with E-state index in [1.165, 1.54) is 6.42 Å². The second kappa shape index (κ2) is 7.85. The molecule has 2 aliphatic rings. The van der Waals surface area contributed by atoms with E-state index in [4.69, 9.17) is 9.26 Å². The summed E-state index contributed by atoms with van der Waals surface area (Å²) in [4.78, 5) is 13.5. The standard InChI is InChI=1S/C22H28N2O3/c1-16-12-19(27-24-16)13-17-14-26-15-20(17)23-21(25)22(10-6-3-7-11-22)18-8-4-2-5-9-18/h2,4-5,8-9,12,17,20H,3,6-7,10-11,13-15H2,1H3,(H,23,25)/t17-,20+/m1/s1. The first kappa shape index (κ1) is 18.2. The highest BCUT2D eigenvalue weighted by atomic mass is 16.5. The number of nitrogens with one attached hydrogen (secondary N) is 1. The molecule has 0 unspecified atom stereocenters. The Hall–Kier alpha value is -2.14. The molecule has 2 aromatic rings. The quantitative estimate of drug-likeness (QED) is 0.876. The first-order valence-corrected chi connectivity index (χ1v) is 10.0. The fourth-order valence-electron chi connectivity index (χ4n) is 4.60. The number of amides is 1. The van der Waals surface area contributed by atoms with Gasteiger partial charge < -0.3 is 14.6 Å². The van der Waals surface area contributed by atoms with Gasteiger partial charge in [0.15, 0.2) is 0 Å². The van der Waals surface area contributed by atoms with E-state index in [0.717, 1.165) is 49.1 Å². The van der Waals surface area contributed by atoms with Crippen LogP contribution in [-0.4, -0.2) is 30.3 Å². The highest BCUT2D eigenvalue weighted by Crippen LogP contribution is 2.40. The molecule has 1 aliphatic carbocycles. The summed E-state index contributed by atoms with van der Waals surface area (Å²) in [5.74, 6) is 1.23. The van der Waals surface area contributed by atoms with Crippen LogP contribution in [-0.2, 0) is 21.4 Å². The molecule has 2 fully saturated rings. The Bertz CT molecular complexity index is 765. The molecule has 5 heteroatoms. The number of aryl methyl sites for hydroxylation is 1. The SMILES string of the molecule is Cc1cc(C[C@@H]2COC[C@@H]2NC(=O)C2(c3ccccc3)CCCCC2)on1. The maximum Gasteiger partial charge on any atom is 0.230 e. The molecule has 1 N–H and O–H groups in total. The average Bonchev–Trinajstić information content (AvgIpc) is 3.32. The normalized spacial score (nSPS) is 24.6. The summed E-state index contributed by atoms with van der Waals surface area (Å²) in [5, 5.41) is 7.30. The van der Waals surface area contributed by atoms with Gasteiger partial charge >= 0.3 is 0 Å². The highest BCUT2D eigenvalue weighted by Gasteiger charge is 2.43. The number of carbonyl (C=O) groups excluding carboxylic acids is 1. The van der Waals surface area contributed by atoms with Crippen molar-refractivity contribution < 1.29 is 14.1 Å². The molecule has 27 heavy (non-hydrogen) atoms. The van der Waals surface area contributed by atoms with Gasteiger partial charge in [0.25, 0.3) is 0 Å². The average molecular weight is 368 g/mol. The summed E-state index contributed by atoms with van der Waals surface area (Å²) in [6.07, 6.45) is 5.99. The van der Waals surface area contributed by atoms with Crippen LogP contribution in [0.3, 0.4) is 0 Å². The van der Waals surface area contributed by atoms with Crippen molar-refractivity contribution in [1.29, 1.82) is 0 Å². The van der Waals surface area contributed by atoms with Gasteiger partial charge in [0, 0.05) is 18.4 Å². The van der Waals surface area contributed by atoms with Gasteiger partial charge in [-0.15, -0.1) is 0 Å². The van der Waals surface area contributed by atoms with E-state index in [1.807, 2.05) is 31.2 Å². The number of ether oxygens (including phenoxy) is 1. The molecule has 0 bridgehead atoms. The topological polar surface area (TPSA) is 64.4 Å². The molecule has 2 atom stereocenters. The molecule has 5 nitrogen and oxygen atoms in total. The molecule has 2 heterocycles. The fraction of sp³-hybridized carbons (Fsp3) is 0.545. The van der Waals surface area contributed by atoms with E-state index in [1.54, 1.807) is 0 Å². The zero-order valence-corrected chi connectivity index (χ0v) is 15.9. The Morgan fingerprint density at radius 3 is 2.67 bits per heavy atom. The van der Waals surface area contributed by atoms with Crippen molar-refractivity contribution in [3.63, 3.8) is 0 Å². The predicted octanol–water partition coefficient (Wildman–Crippen LogP) is 3.56. The molecule has 144 valence electrons. The lowest BCUT2D eigenvalue weighted by Crippen LogP contribution is -2.51. The molecule has 1 saturated heterocycles. The largest absolute Gasteiger partial charge is 0.379 e. The number of rotatable bonds is 5. The molecule has 1 aromatic carbocycles. The van der Waals surface area contributed by atoms with Crippen molar-refractivity contribution in [2.75, 3.05) is 13.2 Å². The van der Waals surface area contributed by atoms with Gasteiger partial charge in [0.2, 0.25) is 5.91 Å². The van der Waals surface area contributed by atoms with Crippen molar-refractivity contribution >= 4 is 5.91 Å². The minimum atomic E-state index is -0.407. The van der Waals surface area contributed by atoms with Crippen LogP contribution in [0.4, 0.5) is 0 Å². The number of hydrogen-bond donors (Lipinski definition) is 1. The molecule has 0 spiro atoms. The van der Waals surface area contributed by atoms with Crippen LogP contribution in [0.1, 0.15) is 49.1 Å². The summed E-state index contributed by atoms with van der Waals surface area (Å²) in [7, 11) is 0. The maximum absolute atomic E-state index is 13.5. The molecule has 1 aliphatic heterocycles. The second-order valence-electron chi connectivity index (χ2n) is 8.03. The molecule has 1 saturated carbocycles. The molecule has 1 amide bonds. The minimum absolute atomic E-state index is 0.0189. The molecular formula is C22H28N2O3. The second-order valence-corrected chi connectivity index (χ2v) is 8.03. The third kappa shape index (κ3) is 3.79. The van der Waals surface area contributed by atoms with E-state index in [-0.39, 0.29) is 17.9 Å². The van der Waals surface area contributed by atoms with Crippen LogP contribution in [0.2, 0.25) is 0 Å². The molecule has 4 rings (SSSR count). The van der Waals surface area contributed by atoms with Gasteiger partial charge in [0.05, 0.1) is 30.4 Å². The Morgan fingerprint density at radius 2 is 1.96 bits per heavy atom. The van der Waals surface area contributed by atoms with E-state index in [0.29, 0.717) is 13.2 Å². The monoisotopic (exact) mass is 368 g/mol. The van der Waals surface area contributed by atoms with Crippen LogP contribution in [0, 0.1) is 12.8 Å². The Labute approximate surface area is 160 Å². The number of aromatic nitrogens is 1. The first-order valence-electron chi connectivity index (χ1n) is 10.0. The van der Waals surface area contributed by atoms with E-state index in [2.05, 4.69) is 22.6 Å². The van der Waals surface area contributed by atoms with Crippen molar-refractivity contribution in [3.8, 4) is 0 Å². The van der Waals surface area contributed by atoms with Gasteiger partial charge in [-0.1, -0.05) is 54.8 Å². The van der Waals surface area contributed by atoms with E-state index >= 15 is 0 Å². The summed E-state index contributed by atoms with van der Waals surface area (Å²) < 4.78 is 11.1. The molecular weight excluding hydrogens is 340 g/mol. The Kier molecular flexibility index (Phi) is 5.30. The number of carbonyl (C=O) groups is 1. The van der Waals surface area contributed by atoms with Gasteiger partial charge in [-0.25, -0.2) is 0 Å². The molecule has 0 radical (unpaired) electrons. The summed E-state index contributed by atoms with van der Waals surface area (Å²) in [5.41, 5.74) is 1.62. The summed E-state index contributed by atoms with van der Waals surface area (Å²) in [6, 6.07) is 12.3. The lowest BCUT2D eigenvalue weighted by molar-refractivity contribution is -0.129. The third-order valence-corrected chi connectivity index (χ3v) is 6.12. The van der Waals surface area contributed by atoms with Gasteiger partial charge in [-0.3, -0.25) is 4.79 Å². The number of benzene rings is 1. The Balaban J connectivity index is 1.50. The summed E-state index contributed by atoms with van der Waals surface area (Å²) in [6.45, 7) is 3.13. The number of nitrogens with zero attached hydrogens (tertiary/aromatic N) is 1. The van der Waals surface area contributed by atoms with Crippen molar-refractivity contribution in [2.24, 2.45) is 5.92 Å². The zero-order valence-electron chi connectivity index (χ0n) is 15.9. The Morgan fingerprint density at radius 1 is 1.19 bits per heavy atom. The van der Waals surface area contributed by atoms with Crippen LogP contribution >= 0.6 is 0 Å². The van der Waals surface area contributed by atoms with Gasteiger partial charge in [-0.2, -0.15) is 0 Å². The smallest absolute Gasteiger partial charge is 0.230 e. The van der Waals surface area contributed by atoms with Crippen molar-refractivity contribution in [2.45, 2.75) is 56.9 Å². The maximum atomic E-state index is 13.5. The highest BCUT2D eigenvalue weighted by molar-refractivity contribution is 5.88. The van der Waals surface area contributed by atoms with Crippen molar-refractivity contribution in [1.82, 2.24) is 10.5 Å². The summed E-state index contributed by atoms with van der Waals surface area (Å²) >= 11 is 0. The minimum Gasteiger partial charge on any atom is -0.379 e. The molecule has 1 aromatic heterocycles. The van der Waals surface area contributed by atoms with Crippen LogP contribution in [0.5, 0.6) is 0 Å². The van der Waals surface area contributed by atoms with Crippen LogP contribution in [0.15, 0.2) is 40.9 Å². The lowest BCUT2D eigenvalue weighted by Gasteiger charge is -2.37. The van der Waals surface area contributed by atoms with Gasteiger partial charge in [0.1, 0.15) is 5.76 Å². The van der Waals surface area contributed by atoms with Crippen LogP contribution < -0.4 is 5.32 Å². The first-order chi connectivity index (χ1) is 13.2. The van der Waals surface area contributed by atoms with E-state index in [9.17, 15) is 4.79 Å². The zero-order chi connectivity index (χ0) is 18.7. The lowest BCUT2D eigenvalue weighted by atomic mass is 9.68. The van der Waals surface area contributed by atoms with Gasteiger partial charge in [-0.05, 0) is 25.3 Å².